The standard InChI is InChI=1S/C21H22F4N2O2/c1-4-5-10-26-20(29)19-12(2)17(27-13(19)3)8-9-18(28)14-6-7-15(16(22)11-14)21(23,24)25/h6-9,11,27H,4-5,10H2,1-3H3,(H,26,29)/b9-8+. The third kappa shape index (κ3) is 5.34. The molecule has 0 aliphatic heterocycles. The SMILES string of the molecule is CCCCNC(=O)c1c(C)[nH]c(/C=C/C(=O)c2ccc(C(F)(F)F)c(F)c2)c1C. The fraction of sp³-hybridized carbons (Fsp3) is 0.333. The van der Waals surface area contributed by atoms with Gasteiger partial charge in [0.05, 0.1) is 11.1 Å². The van der Waals surface area contributed by atoms with Crippen molar-refractivity contribution in [3.63, 3.8) is 0 Å². The number of carbonyl (C=O) groups is 2. The summed E-state index contributed by atoms with van der Waals surface area (Å²) >= 11 is 0. The number of benzene rings is 1. The van der Waals surface area contributed by atoms with Crippen LogP contribution >= 0.6 is 0 Å². The Balaban J connectivity index is 2.20. The lowest BCUT2D eigenvalue weighted by Gasteiger charge is -2.08. The van der Waals surface area contributed by atoms with E-state index in [9.17, 15) is 27.2 Å². The number of aryl methyl sites for hydroxylation is 1. The average molecular weight is 410 g/mol. The first-order valence-corrected chi connectivity index (χ1v) is 9.12. The second-order valence-electron chi connectivity index (χ2n) is 6.66. The third-order valence-electron chi connectivity index (χ3n) is 4.48. The van der Waals surface area contributed by atoms with Gasteiger partial charge in [-0.15, -0.1) is 0 Å². The fourth-order valence-electron chi connectivity index (χ4n) is 2.90. The van der Waals surface area contributed by atoms with Crippen LogP contribution in [0.25, 0.3) is 6.08 Å². The number of hydrogen-bond acceptors (Lipinski definition) is 2. The number of unbranched alkanes of at least 4 members (excludes halogenated alkanes) is 1. The minimum Gasteiger partial charge on any atom is -0.358 e. The summed E-state index contributed by atoms with van der Waals surface area (Å²) in [6, 6.07) is 2.03. The second kappa shape index (κ2) is 9.07. The molecule has 2 aromatic rings. The number of halogens is 4. The smallest absolute Gasteiger partial charge is 0.358 e. The van der Waals surface area contributed by atoms with Crippen LogP contribution in [-0.2, 0) is 6.18 Å². The maximum absolute atomic E-state index is 13.7. The number of hydrogen-bond donors (Lipinski definition) is 2. The highest BCUT2D eigenvalue weighted by Gasteiger charge is 2.34. The van der Waals surface area contributed by atoms with E-state index in [1.165, 1.54) is 6.08 Å². The zero-order chi connectivity index (χ0) is 21.8. The Labute approximate surface area is 166 Å². The van der Waals surface area contributed by atoms with Crippen molar-refractivity contribution in [1.29, 1.82) is 0 Å². The van der Waals surface area contributed by atoms with Crippen LogP contribution in [-0.4, -0.2) is 23.2 Å². The van der Waals surface area contributed by atoms with E-state index < -0.39 is 23.3 Å². The largest absolute Gasteiger partial charge is 0.419 e. The monoisotopic (exact) mass is 410 g/mol. The molecule has 2 rings (SSSR count). The summed E-state index contributed by atoms with van der Waals surface area (Å²) in [6.07, 6.45) is -0.470. The van der Waals surface area contributed by atoms with E-state index in [0.717, 1.165) is 25.0 Å². The number of rotatable bonds is 7. The minimum atomic E-state index is -4.82. The van der Waals surface area contributed by atoms with Gasteiger partial charge in [-0.3, -0.25) is 9.59 Å². The molecular formula is C21H22F4N2O2. The third-order valence-corrected chi connectivity index (χ3v) is 4.48. The van der Waals surface area contributed by atoms with E-state index >= 15 is 0 Å². The molecule has 8 heteroatoms. The maximum Gasteiger partial charge on any atom is 0.419 e. The van der Waals surface area contributed by atoms with Crippen molar-refractivity contribution in [2.45, 2.75) is 39.8 Å². The van der Waals surface area contributed by atoms with Gasteiger partial charge in [0.15, 0.2) is 5.78 Å². The first-order valence-electron chi connectivity index (χ1n) is 9.12. The van der Waals surface area contributed by atoms with Crippen LogP contribution in [0.4, 0.5) is 17.6 Å². The number of nitrogens with one attached hydrogen (secondary N) is 2. The Hall–Kier alpha value is -2.90. The van der Waals surface area contributed by atoms with Gasteiger partial charge >= 0.3 is 6.18 Å². The topological polar surface area (TPSA) is 62.0 Å². The summed E-state index contributed by atoms with van der Waals surface area (Å²) in [5.41, 5.74) is 0.638. The molecule has 1 aromatic heterocycles. The molecule has 1 amide bonds. The Morgan fingerprint density at radius 3 is 2.48 bits per heavy atom. The van der Waals surface area contributed by atoms with Gasteiger partial charge in [-0.2, -0.15) is 13.2 Å². The molecule has 1 heterocycles. The van der Waals surface area contributed by atoms with Gasteiger partial charge in [-0.25, -0.2) is 4.39 Å². The van der Waals surface area contributed by atoms with E-state index in [1.807, 2.05) is 6.92 Å². The molecular weight excluding hydrogens is 388 g/mol. The molecule has 0 saturated carbocycles. The molecule has 29 heavy (non-hydrogen) atoms. The van der Waals surface area contributed by atoms with Crippen LogP contribution in [0.2, 0.25) is 0 Å². The summed E-state index contributed by atoms with van der Waals surface area (Å²) in [4.78, 5) is 27.6. The first-order chi connectivity index (χ1) is 13.6. The van der Waals surface area contributed by atoms with Crippen LogP contribution in [0.5, 0.6) is 0 Å². The number of amides is 1. The number of aromatic nitrogens is 1. The van der Waals surface area contributed by atoms with Crippen molar-refractivity contribution in [3.05, 3.63) is 63.7 Å². The lowest BCUT2D eigenvalue weighted by molar-refractivity contribution is -0.140. The van der Waals surface area contributed by atoms with Gasteiger partial charge in [0.25, 0.3) is 5.91 Å². The van der Waals surface area contributed by atoms with Crippen LogP contribution < -0.4 is 5.32 Å². The molecule has 0 atom stereocenters. The van der Waals surface area contributed by atoms with Crippen LogP contribution in [0, 0.1) is 19.7 Å². The molecule has 0 radical (unpaired) electrons. The van der Waals surface area contributed by atoms with Crippen molar-refractivity contribution >= 4 is 17.8 Å². The molecule has 0 saturated heterocycles. The van der Waals surface area contributed by atoms with E-state index in [2.05, 4.69) is 10.3 Å². The van der Waals surface area contributed by atoms with Gasteiger partial charge < -0.3 is 10.3 Å². The van der Waals surface area contributed by atoms with Gasteiger partial charge in [0.2, 0.25) is 0 Å². The lowest BCUT2D eigenvalue weighted by atomic mass is 10.1. The van der Waals surface area contributed by atoms with E-state index in [0.29, 0.717) is 41.2 Å². The fourth-order valence-corrected chi connectivity index (χ4v) is 2.90. The highest BCUT2D eigenvalue weighted by atomic mass is 19.4. The quantitative estimate of drug-likeness (QED) is 0.285. The number of carbonyl (C=O) groups excluding carboxylic acids is 2. The Bertz CT molecular complexity index is 943. The van der Waals surface area contributed by atoms with Gasteiger partial charge in [-0.1, -0.05) is 19.4 Å². The summed E-state index contributed by atoms with van der Waals surface area (Å²) in [6.45, 7) is 6.02. The van der Waals surface area contributed by atoms with Gasteiger partial charge in [-0.05, 0) is 50.1 Å². The minimum absolute atomic E-state index is 0.204. The van der Waals surface area contributed by atoms with Crippen LogP contribution in [0.15, 0.2) is 24.3 Å². The van der Waals surface area contributed by atoms with E-state index in [4.69, 9.17) is 0 Å². The van der Waals surface area contributed by atoms with Crippen molar-refractivity contribution in [1.82, 2.24) is 10.3 Å². The zero-order valence-corrected chi connectivity index (χ0v) is 16.3. The van der Waals surface area contributed by atoms with E-state index in [-0.39, 0.29) is 11.5 Å². The molecule has 156 valence electrons. The normalized spacial score (nSPS) is 11.8. The molecule has 0 aliphatic carbocycles. The molecule has 0 unspecified atom stereocenters. The Morgan fingerprint density at radius 2 is 1.90 bits per heavy atom. The lowest BCUT2D eigenvalue weighted by Crippen LogP contribution is -2.25. The van der Waals surface area contributed by atoms with Crippen molar-refractivity contribution < 1.29 is 27.2 Å². The highest BCUT2D eigenvalue weighted by molar-refractivity contribution is 6.07. The molecule has 0 spiro atoms. The van der Waals surface area contributed by atoms with Crippen molar-refractivity contribution in [2.24, 2.45) is 0 Å². The first kappa shape index (κ1) is 22.4. The number of alkyl halides is 3. The van der Waals surface area contributed by atoms with Crippen molar-refractivity contribution in [2.75, 3.05) is 6.54 Å². The average Bonchev–Trinajstić information content (AvgIpc) is 2.92. The predicted molar refractivity (Wildman–Crippen MR) is 102 cm³/mol. The van der Waals surface area contributed by atoms with Gasteiger partial charge in [0, 0.05) is 23.5 Å². The van der Waals surface area contributed by atoms with Crippen molar-refractivity contribution in [3.8, 4) is 0 Å². The van der Waals surface area contributed by atoms with Gasteiger partial charge in [0.1, 0.15) is 5.82 Å². The molecule has 0 aliphatic rings. The molecule has 0 bridgehead atoms. The number of aromatic amines is 1. The number of H-pyrrole nitrogens is 1. The molecule has 1 aromatic carbocycles. The number of allylic oxidation sites excluding steroid dienone is 1. The predicted octanol–water partition coefficient (Wildman–Crippen LogP) is 5.22. The second-order valence-corrected chi connectivity index (χ2v) is 6.66. The number of ketones is 1. The highest BCUT2D eigenvalue weighted by Crippen LogP contribution is 2.31. The van der Waals surface area contributed by atoms with Crippen LogP contribution in [0.3, 0.4) is 0 Å². The maximum atomic E-state index is 13.7. The molecule has 2 N–H and O–H groups in total. The summed E-state index contributed by atoms with van der Waals surface area (Å²) in [7, 11) is 0. The summed E-state index contributed by atoms with van der Waals surface area (Å²) in [5.74, 6) is -2.38. The van der Waals surface area contributed by atoms with Crippen LogP contribution in [0.1, 0.15) is 63.0 Å². The summed E-state index contributed by atoms with van der Waals surface area (Å²) in [5, 5.41) is 2.83. The van der Waals surface area contributed by atoms with E-state index in [1.54, 1.807) is 13.8 Å². The molecule has 4 nitrogen and oxygen atoms in total. The molecule has 0 fully saturated rings. The Morgan fingerprint density at radius 1 is 1.21 bits per heavy atom. The zero-order valence-electron chi connectivity index (χ0n) is 16.3. The summed E-state index contributed by atoms with van der Waals surface area (Å²) < 4.78 is 51.5. The Kier molecular flexibility index (Phi) is 7.00.